The van der Waals surface area contributed by atoms with Gasteiger partial charge in [0.15, 0.2) is 0 Å². The SMILES string of the molecule is CCOc1ccc(-c2cccc(Oc3ccc4c(c3)C(N)=CC=C(C)C4C)c2)cc1. The molecule has 0 aromatic heterocycles. The molecule has 0 fully saturated rings. The Hall–Kier alpha value is -3.46. The molecule has 3 nitrogen and oxygen atoms in total. The van der Waals surface area contributed by atoms with E-state index in [4.69, 9.17) is 15.2 Å². The maximum Gasteiger partial charge on any atom is 0.128 e. The van der Waals surface area contributed by atoms with Gasteiger partial charge in [-0.2, -0.15) is 0 Å². The van der Waals surface area contributed by atoms with Crippen molar-refractivity contribution in [3.05, 3.63) is 95.6 Å². The molecule has 0 heterocycles. The summed E-state index contributed by atoms with van der Waals surface area (Å²) in [5.41, 5.74) is 12.9. The summed E-state index contributed by atoms with van der Waals surface area (Å²) in [5.74, 6) is 2.78. The second kappa shape index (κ2) is 8.50. The van der Waals surface area contributed by atoms with Gasteiger partial charge in [-0.15, -0.1) is 0 Å². The van der Waals surface area contributed by atoms with Crippen LogP contribution in [0.5, 0.6) is 17.2 Å². The highest BCUT2D eigenvalue weighted by molar-refractivity contribution is 5.71. The van der Waals surface area contributed by atoms with E-state index in [1.165, 1.54) is 11.1 Å². The number of hydrogen-bond acceptors (Lipinski definition) is 3. The second-order valence-corrected chi connectivity index (χ2v) is 7.59. The number of benzene rings is 3. The zero-order valence-corrected chi connectivity index (χ0v) is 17.7. The fourth-order valence-electron chi connectivity index (χ4n) is 3.71. The maximum absolute atomic E-state index is 6.32. The van der Waals surface area contributed by atoms with E-state index >= 15 is 0 Å². The minimum Gasteiger partial charge on any atom is -0.494 e. The van der Waals surface area contributed by atoms with Gasteiger partial charge >= 0.3 is 0 Å². The minimum atomic E-state index is 0.328. The van der Waals surface area contributed by atoms with Crippen molar-refractivity contribution in [2.75, 3.05) is 6.61 Å². The van der Waals surface area contributed by atoms with E-state index in [0.717, 1.165) is 39.6 Å². The molecule has 0 amide bonds. The number of fused-ring (bicyclic) bond motifs is 1. The minimum absolute atomic E-state index is 0.328. The van der Waals surface area contributed by atoms with Gasteiger partial charge in [0.05, 0.1) is 6.61 Å². The molecule has 3 heteroatoms. The number of rotatable bonds is 5. The van der Waals surface area contributed by atoms with Crippen LogP contribution in [0.1, 0.15) is 37.8 Å². The van der Waals surface area contributed by atoms with Crippen molar-refractivity contribution in [2.24, 2.45) is 5.73 Å². The van der Waals surface area contributed by atoms with Crippen molar-refractivity contribution < 1.29 is 9.47 Å². The van der Waals surface area contributed by atoms with Crippen molar-refractivity contribution in [1.82, 2.24) is 0 Å². The van der Waals surface area contributed by atoms with Gasteiger partial charge in [-0.3, -0.25) is 0 Å². The lowest BCUT2D eigenvalue weighted by Crippen LogP contribution is -2.03. The van der Waals surface area contributed by atoms with Crippen molar-refractivity contribution in [3.63, 3.8) is 0 Å². The van der Waals surface area contributed by atoms with Crippen LogP contribution in [0.25, 0.3) is 16.8 Å². The molecule has 152 valence electrons. The predicted octanol–water partition coefficient (Wildman–Crippen LogP) is 6.91. The molecule has 0 spiro atoms. The molecule has 0 aliphatic heterocycles. The number of nitrogens with two attached hydrogens (primary N) is 1. The largest absolute Gasteiger partial charge is 0.494 e. The fraction of sp³-hybridized carbons (Fsp3) is 0.185. The average Bonchev–Trinajstić information content (AvgIpc) is 2.87. The number of allylic oxidation sites excluding steroid dienone is 3. The van der Waals surface area contributed by atoms with E-state index in [0.29, 0.717) is 12.5 Å². The summed E-state index contributed by atoms with van der Waals surface area (Å²) < 4.78 is 11.7. The van der Waals surface area contributed by atoms with E-state index in [9.17, 15) is 0 Å². The van der Waals surface area contributed by atoms with Crippen LogP contribution in [-0.2, 0) is 0 Å². The van der Waals surface area contributed by atoms with Gasteiger partial charge in [0.1, 0.15) is 17.2 Å². The summed E-state index contributed by atoms with van der Waals surface area (Å²) in [6.45, 7) is 6.99. The molecule has 1 atom stereocenters. The third kappa shape index (κ3) is 4.11. The van der Waals surface area contributed by atoms with E-state index in [1.807, 2.05) is 49.4 Å². The summed E-state index contributed by atoms with van der Waals surface area (Å²) >= 11 is 0. The topological polar surface area (TPSA) is 44.5 Å². The normalized spacial score (nSPS) is 15.5. The molecule has 30 heavy (non-hydrogen) atoms. The molecular weight excluding hydrogens is 370 g/mol. The first-order valence-electron chi connectivity index (χ1n) is 10.3. The average molecular weight is 398 g/mol. The molecule has 4 rings (SSSR count). The lowest BCUT2D eigenvalue weighted by Gasteiger charge is -2.17. The Balaban J connectivity index is 1.59. The summed E-state index contributed by atoms with van der Waals surface area (Å²) in [6.07, 6.45) is 4.08. The maximum atomic E-state index is 6.32. The zero-order valence-electron chi connectivity index (χ0n) is 17.7. The van der Waals surface area contributed by atoms with E-state index < -0.39 is 0 Å². The summed E-state index contributed by atoms with van der Waals surface area (Å²) in [4.78, 5) is 0. The molecular formula is C27H27NO2. The van der Waals surface area contributed by atoms with Gasteiger partial charge in [0.25, 0.3) is 0 Å². The van der Waals surface area contributed by atoms with E-state index in [-0.39, 0.29) is 0 Å². The van der Waals surface area contributed by atoms with Crippen LogP contribution in [0, 0.1) is 0 Å². The Morgan fingerprint density at radius 3 is 2.33 bits per heavy atom. The van der Waals surface area contributed by atoms with Crippen LogP contribution in [-0.4, -0.2) is 6.61 Å². The van der Waals surface area contributed by atoms with Crippen LogP contribution in [0.4, 0.5) is 0 Å². The quantitative estimate of drug-likeness (QED) is 0.509. The monoisotopic (exact) mass is 397 g/mol. The van der Waals surface area contributed by atoms with Gasteiger partial charge in [-0.25, -0.2) is 0 Å². The molecule has 1 unspecified atom stereocenters. The Labute approximate surface area is 178 Å². The summed E-state index contributed by atoms with van der Waals surface area (Å²) in [6, 6.07) is 22.4. The van der Waals surface area contributed by atoms with E-state index in [1.54, 1.807) is 0 Å². The van der Waals surface area contributed by atoms with Crippen molar-refractivity contribution >= 4 is 5.70 Å². The molecule has 3 aromatic rings. The van der Waals surface area contributed by atoms with Gasteiger partial charge < -0.3 is 15.2 Å². The molecule has 1 aliphatic carbocycles. The Bertz CT molecular complexity index is 1110. The van der Waals surface area contributed by atoms with Crippen LogP contribution >= 0.6 is 0 Å². The summed E-state index contributed by atoms with van der Waals surface area (Å²) in [5, 5.41) is 0. The Morgan fingerprint density at radius 1 is 0.833 bits per heavy atom. The zero-order chi connectivity index (χ0) is 21.1. The predicted molar refractivity (Wildman–Crippen MR) is 124 cm³/mol. The Kier molecular flexibility index (Phi) is 5.62. The molecule has 2 N–H and O–H groups in total. The molecule has 3 aromatic carbocycles. The molecule has 0 bridgehead atoms. The highest BCUT2D eigenvalue weighted by Crippen LogP contribution is 2.36. The van der Waals surface area contributed by atoms with Crippen LogP contribution in [0.2, 0.25) is 0 Å². The van der Waals surface area contributed by atoms with Gasteiger partial charge in [-0.1, -0.05) is 48.9 Å². The van der Waals surface area contributed by atoms with Crippen LogP contribution < -0.4 is 15.2 Å². The third-order valence-corrected chi connectivity index (χ3v) is 5.58. The summed E-state index contributed by atoms with van der Waals surface area (Å²) in [7, 11) is 0. The Morgan fingerprint density at radius 2 is 1.57 bits per heavy atom. The molecule has 0 saturated carbocycles. The van der Waals surface area contributed by atoms with Crippen molar-refractivity contribution in [2.45, 2.75) is 26.7 Å². The van der Waals surface area contributed by atoms with Crippen molar-refractivity contribution in [1.29, 1.82) is 0 Å². The first kappa shape index (κ1) is 19.8. The highest BCUT2D eigenvalue weighted by atomic mass is 16.5. The molecule has 1 aliphatic rings. The van der Waals surface area contributed by atoms with Gasteiger partial charge in [-0.05, 0) is 73.0 Å². The highest BCUT2D eigenvalue weighted by Gasteiger charge is 2.17. The lowest BCUT2D eigenvalue weighted by atomic mass is 9.91. The number of hydrogen-bond donors (Lipinski definition) is 1. The standard InChI is InChI=1S/C27H27NO2/c1-4-29-22-11-9-20(10-12-22)21-6-5-7-23(16-21)30-24-13-14-25-19(3)18(2)8-15-27(28)26(25)17-24/h5-17,19H,4,28H2,1-3H3. The van der Waals surface area contributed by atoms with Crippen LogP contribution in [0.15, 0.2) is 84.5 Å². The first-order valence-corrected chi connectivity index (χ1v) is 10.3. The van der Waals surface area contributed by atoms with Crippen LogP contribution in [0.3, 0.4) is 0 Å². The van der Waals surface area contributed by atoms with Gasteiger partial charge in [0.2, 0.25) is 0 Å². The first-order chi connectivity index (χ1) is 14.5. The second-order valence-electron chi connectivity index (χ2n) is 7.59. The third-order valence-electron chi connectivity index (χ3n) is 5.58. The fourth-order valence-corrected chi connectivity index (χ4v) is 3.71. The van der Waals surface area contributed by atoms with E-state index in [2.05, 4.69) is 50.3 Å². The lowest BCUT2D eigenvalue weighted by molar-refractivity contribution is 0.340. The molecule has 0 saturated heterocycles. The number of ether oxygens (including phenoxy) is 2. The van der Waals surface area contributed by atoms with Gasteiger partial charge in [0, 0.05) is 17.2 Å². The smallest absolute Gasteiger partial charge is 0.128 e. The van der Waals surface area contributed by atoms with Crippen molar-refractivity contribution in [3.8, 4) is 28.4 Å². The molecule has 0 radical (unpaired) electrons.